The van der Waals surface area contributed by atoms with Crippen LogP contribution in [-0.2, 0) is 5.41 Å². The molecule has 47 heavy (non-hydrogen) atoms. The summed E-state index contributed by atoms with van der Waals surface area (Å²) in [4.78, 5) is 10.4. The summed E-state index contributed by atoms with van der Waals surface area (Å²) in [6.45, 7) is 0. The number of aromatic nitrogens is 2. The van der Waals surface area contributed by atoms with Crippen molar-refractivity contribution in [3.63, 3.8) is 0 Å². The van der Waals surface area contributed by atoms with Crippen LogP contribution in [0.25, 0.3) is 55.1 Å². The third kappa shape index (κ3) is 3.73. The fourth-order valence-corrected chi connectivity index (χ4v) is 8.65. The molecule has 3 heterocycles. The standard InChI is InChI=1S/C43H26N2OS/c1-3-13-27(14-4-1)36-26-37(45-42(44-36)28-15-5-2-6-16-28)31-25-35-40(30-23-24-47-41(30)31)29-17-7-8-18-32(29)43(35)33-19-9-11-21-38(33)46-39-22-12-10-20-34(39)43/h1-26H. The molecule has 0 atom stereocenters. The third-order valence-electron chi connectivity index (χ3n) is 9.65. The molecule has 3 nitrogen and oxygen atoms in total. The summed E-state index contributed by atoms with van der Waals surface area (Å²) in [5.41, 5.74) is 11.8. The van der Waals surface area contributed by atoms with Crippen molar-refractivity contribution in [2.45, 2.75) is 5.41 Å². The molecule has 0 N–H and O–H groups in total. The summed E-state index contributed by atoms with van der Waals surface area (Å²) in [5, 5.41) is 3.46. The highest BCUT2D eigenvalue weighted by Gasteiger charge is 2.51. The van der Waals surface area contributed by atoms with Crippen molar-refractivity contribution in [1.29, 1.82) is 0 Å². The van der Waals surface area contributed by atoms with E-state index < -0.39 is 5.41 Å². The van der Waals surface area contributed by atoms with Gasteiger partial charge in [-0.15, -0.1) is 11.3 Å². The predicted molar refractivity (Wildman–Crippen MR) is 191 cm³/mol. The summed E-state index contributed by atoms with van der Waals surface area (Å²) >= 11 is 1.77. The monoisotopic (exact) mass is 618 g/mol. The van der Waals surface area contributed by atoms with Gasteiger partial charge >= 0.3 is 0 Å². The zero-order chi connectivity index (χ0) is 31.0. The molecule has 4 heteroatoms. The molecule has 1 aliphatic heterocycles. The number of para-hydroxylation sites is 2. The number of thiophene rings is 1. The second-order valence-corrected chi connectivity index (χ2v) is 13.0. The van der Waals surface area contributed by atoms with E-state index in [4.69, 9.17) is 14.7 Å². The van der Waals surface area contributed by atoms with Crippen molar-refractivity contribution in [3.05, 3.63) is 179 Å². The van der Waals surface area contributed by atoms with Crippen molar-refractivity contribution in [1.82, 2.24) is 9.97 Å². The van der Waals surface area contributed by atoms with E-state index >= 15 is 0 Å². The number of fused-ring (bicyclic) bond motifs is 11. The van der Waals surface area contributed by atoms with Gasteiger partial charge in [0.15, 0.2) is 5.82 Å². The minimum atomic E-state index is -0.556. The first-order chi connectivity index (χ1) is 23.3. The van der Waals surface area contributed by atoms with Crippen molar-refractivity contribution in [2.24, 2.45) is 0 Å². The van der Waals surface area contributed by atoms with Gasteiger partial charge in [0.05, 0.1) is 16.8 Å². The Hall–Kier alpha value is -5.84. The van der Waals surface area contributed by atoms with Gasteiger partial charge < -0.3 is 4.74 Å². The molecule has 0 saturated heterocycles. The fourth-order valence-electron chi connectivity index (χ4n) is 7.72. The Kier molecular flexibility index (Phi) is 5.66. The second-order valence-electron chi connectivity index (χ2n) is 12.1. The lowest BCUT2D eigenvalue weighted by molar-refractivity contribution is 0.436. The van der Waals surface area contributed by atoms with Gasteiger partial charge in [-0.1, -0.05) is 121 Å². The van der Waals surface area contributed by atoms with E-state index in [0.717, 1.165) is 50.7 Å². The Labute approximate surface area is 276 Å². The molecule has 1 aliphatic carbocycles. The Morgan fingerprint density at radius 1 is 0.489 bits per heavy atom. The maximum absolute atomic E-state index is 6.59. The molecule has 0 bridgehead atoms. The van der Waals surface area contributed by atoms with E-state index in [-0.39, 0.29) is 0 Å². The van der Waals surface area contributed by atoms with Crippen LogP contribution in [0.3, 0.4) is 0 Å². The van der Waals surface area contributed by atoms with Crippen molar-refractivity contribution >= 4 is 21.4 Å². The van der Waals surface area contributed by atoms with Crippen LogP contribution in [0.2, 0.25) is 0 Å². The summed E-state index contributed by atoms with van der Waals surface area (Å²) in [6.07, 6.45) is 0. The molecule has 220 valence electrons. The summed E-state index contributed by atoms with van der Waals surface area (Å²) in [5.74, 6) is 2.49. The fraction of sp³-hybridized carbons (Fsp3) is 0.0233. The number of ether oxygens (including phenoxy) is 1. The van der Waals surface area contributed by atoms with E-state index in [1.807, 2.05) is 24.3 Å². The Bertz CT molecular complexity index is 2400. The number of nitrogens with zero attached hydrogens (tertiary/aromatic N) is 2. The summed E-state index contributed by atoms with van der Waals surface area (Å²) in [6, 6.07) is 53.5. The van der Waals surface area contributed by atoms with Gasteiger partial charge in [-0.2, -0.15) is 0 Å². The van der Waals surface area contributed by atoms with E-state index in [0.29, 0.717) is 5.82 Å². The second kappa shape index (κ2) is 10.1. The molecule has 2 aliphatic rings. The van der Waals surface area contributed by atoms with Gasteiger partial charge in [-0.3, -0.25) is 0 Å². The SMILES string of the molecule is c1ccc(-c2cc(-c3cc4c(c5ccsc35)-c3ccccc3C43c4ccccc4Oc4ccccc43)nc(-c3ccccc3)n2)cc1. The van der Waals surface area contributed by atoms with Gasteiger partial charge in [0.2, 0.25) is 0 Å². The highest BCUT2D eigenvalue weighted by molar-refractivity contribution is 7.17. The zero-order valence-electron chi connectivity index (χ0n) is 25.2. The van der Waals surface area contributed by atoms with E-state index in [9.17, 15) is 0 Å². The third-order valence-corrected chi connectivity index (χ3v) is 10.6. The van der Waals surface area contributed by atoms with Crippen LogP contribution < -0.4 is 4.74 Å². The topological polar surface area (TPSA) is 35.0 Å². The molecular weight excluding hydrogens is 593 g/mol. The number of benzene rings is 6. The van der Waals surface area contributed by atoms with Crippen LogP contribution in [0.4, 0.5) is 0 Å². The van der Waals surface area contributed by atoms with Crippen LogP contribution in [0.15, 0.2) is 157 Å². The van der Waals surface area contributed by atoms with Crippen LogP contribution in [0.1, 0.15) is 22.3 Å². The Balaban J connectivity index is 1.33. The van der Waals surface area contributed by atoms with E-state index in [2.05, 4.69) is 133 Å². The van der Waals surface area contributed by atoms with Crippen molar-refractivity contribution in [2.75, 3.05) is 0 Å². The first kappa shape index (κ1) is 26.4. The molecule has 8 aromatic rings. The van der Waals surface area contributed by atoms with Crippen LogP contribution >= 0.6 is 11.3 Å². The number of hydrogen-bond donors (Lipinski definition) is 0. The highest BCUT2D eigenvalue weighted by Crippen LogP contribution is 2.64. The lowest BCUT2D eigenvalue weighted by Gasteiger charge is -2.39. The molecule has 2 aromatic heterocycles. The minimum absolute atomic E-state index is 0.556. The van der Waals surface area contributed by atoms with Gasteiger partial charge in [0.25, 0.3) is 0 Å². The number of hydrogen-bond acceptors (Lipinski definition) is 4. The minimum Gasteiger partial charge on any atom is -0.457 e. The molecule has 1 spiro atoms. The zero-order valence-corrected chi connectivity index (χ0v) is 26.0. The van der Waals surface area contributed by atoms with E-state index in [1.165, 1.54) is 32.3 Å². The average molecular weight is 619 g/mol. The molecule has 6 aromatic carbocycles. The summed E-state index contributed by atoms with van der Waals surface area (Å²) in [7, 11) is 0. The molecule has 0 radical (unpaired) electrons. The van der Waals surface area contributed by atoms with Crippen molar-refractivity contribution < 1.29 is 4.74 Å². The lowest BCUT2D eigenvalue weighted by Crippen LogP contribution is -2.32. The maximum Gasteiger partial charge on any atom is 0.160 e. The van der Waals surface area contributed by atoms with Crippen molar-refractivity contribution in [3.8, 4) is 56.5 Å². The average Bonchev–Trinajstić information content (AvgIpc) is 3.74. The van der Waals surface area contributed by atoms with Gasteiger partial charge in [0, 0.05) is 37.9 Å². The molecule has 0 unspecified atom stereocenters. The van der Waals surface area contributed by atoms with Crippen LogP contribution in [0, 0.1) is 0 Å². The first-order valence-corrected chi connectivity index (χ1v) is 16.7. The van der Waals surface area contributed by atoms with Gasteiger partial charge in [0.1, 0.15) is 11.5 Å². The van der Waals surface area contributed by atoms with Gasteiger partial charge in [-0.25, -0.2) is 9.97 Å². The first-order valence-electron chi connectivity index (χ1n) is 15.8. The molecule has 10 rings (SSSR count). The molecule has 0 fully saturated rings. The Morgan fingerprint density at radius 3 is 1.81 bits per heavy atom. The quantitative estimate of drug-likeness (QED) is 0.198. The van der Waals surface area contributed by atoms with Crippen LogP contribution in [-0.4, -0.2) is 9.97 Å². The predicted octanol–water partition coefficient (Wildman–Crippen LogP) is 11.2. The molecular formula is C43H26N2OS. The van der Waals surface area contributed by atoms with Crippen LogP contribution in [0.5, 0.6) is 11.5 Å². The molecule has 0 amide bonds. The van der Waals surface area contributed by atoms with Gasteiger partial charge in [-0.05, 0) is 58.0 Å². The summed E-state index contributed by atoms with van der Waals surface area (Å²) < 4.78 is 7.82. The lowest BCUT2D eigenvalue weighted by atomic mass is 9.66. The highest BCUT2D eigenvalue weighted by atomic mass is 32.1. The largest absolute Gasteiger partial charge is 0.457 e. The smallest absolute Gasteiger partial charge is 0.160 e. The Morgan fingerprint density at radius 2 is 1.09 bits per heavy atom. The number of rotatable bonds is 3. The van der Waals surface area contributed by atoms with E-state index in [1.54, 1.807) is 11.3 Å². The molecule has 0 saturated carbocycles. The normalized spacial score (nSPS) is 13.4. The maximum atomic E-state index is 6.59.